The van der Waals surface area contributed by atoms with E-state index in [4.69, 9.17) is 14.2 Å². The van der Waals surface area contributed by atoms with Crippen molar-refractivity contribution in [2.75, 3.05) is 53.7 Å². The van der Waals surface area contributed by atoms with Gasteiger partial charge in [-0.05, 0) is 45.1 Å². The standard InChI is InChI=1S/C15H31NO3/c1-17-12-5-6-14-19-13-4-3-9-16-10-7-15(18-2)8-11-16/h15H,3-14H2,1-2H3. The summed E-state index contributed by atoms with van der Waals surface area (Å²) in [5.41, 5.74) is 0. The van der Waals surface area contributed by atoms with Crippen LogP contribution >= 0.6 is 0 Å². The number of nitrogens with zero attached hydrogens (tertiary/aromatic N) is 1. The lowest BCUT2D eigenvalue weighted by Gasteiger charge is -2.31. The molecule has 0 aromatic carbocycles. The van der Waals surface area contributed by atoms with Gasteiger partial charge in [0.05, 0.1) is 6.10 Å². The van der Waals surface area contributed by atoms with Crippen LogP contribution in [0, 0.1) is 0 Å². The van der Waals surface area contributed by atoms with Crippen LogP contribution in [0.3, 0.4) is 0 Å². The second-order valence-electron chi connectivity index (χ2n) is 5.30. The molecule has 0 bridgehead atoms. The number of methoxy groups -OCH3 is 2. The Kier molecular flexibility index (Phi) is 10.4. The fourth-order valence-electron chi connectivity index (χ4n) is 2.46. The van der Waals surface area contributed by atoms with Gasteiger partial charge in [-0.1, -0.05) is 0 Å². The van der Waals surface area contributed by atoms with Crippen molar-refractivity contribution < 1.29 is 14.2 Å². The average Bonchev–Trinajstić information content (AvgIpc) is 2.46. The molecule has 0 spiro atoms. The molecule has 0 N–H and O–H groups in total. The maximum Gasteiger partial charge on any atom is 0.0595 e. The molecule has 0 amide bonds. The smallest absolute Gasteiger partial charge is 0.0595 e. The van der Waals surface area contributed by atoms with E-state index in [9.17, 15) is 0 Å². The zero-order chi connectivity index (χ0) is 13.8. The maximum absolute atomic E-state index is 5.61. The summed E-state index contributed by atoms with van der Waals surface area (Å²) in [5.74, 6) is 0. The molecule has 0 unspecified atom stereocenters. The van der Waals surface area contributed by atoms with Gasteiger partial charge in [-0.15, -0.1) is 0 Å². The van der Waals surface area contributed by atoms with Crippen molar-refractivity contribution in [2.45, 2.75) is 44.6 Å². The van der Waals surface area contributed by atoms with Crippen LogP contribution in [0.1, 0.15) is 38.5 Å². The van der Waals surface area contributed by atoms with Crippen LogP contribution in [0.5, 0.6) is 0 Å². The molecule has 1 fully saturated rings. The SMILES string of the molecule is COCCCCOCCCCN1CCC(OC)CC1. The van der Waals surface area contributed by atoms with E-state index in [0.29, 0.717) is 6.10 Å². The van der Waals surface area contributed by atoms with E-state index in [1.54, 1.807) is 7.11 Å². The average molecular weight is 273 g/mol. The molecule has 1 aliphatic rings. The van der Waals surface area contributed by atoms with Crippen molar-refractivity contribution in [1.82, 2.24) is 4.90 Å². The zero-order valence-corrected chi connectivity index (χ0v) is 12.7. The molecule has 4 nitrogen and oxygen atoms in total. The third-order valence-electron chi connectivity index (χ3n) is 3.77. The van der Waals surface area contributed by atoms with Crippen LogP contribution in [-0.2, 0) is 14.2 Å². The summed E-state index contributed by atoms with van der Waals surface area (Å²) in [6.45, 7) is 6.22. The van der Waals surface area contributed by atoms with E-state index in [0.717, 1.165) is 32.7 Å². The van der Waals surface area contributed by atoms with Gasteiger partial charge in [-0.3, -0.25) is 0 Å². The maximum atomic E-state index is 5.61. The van der Waals surface area contributed by atoms with Crippen LogP contribution in [0.2, 0.25) is 0 Å². The molecule has 19 heavy (non-hydrogen) atoms. The fourth-order valence-corrected chi connectivity index (χ4v) is 2.46. The van der Waals surface area contributed by atoms with E-state index < -0.39 is 0 Å². The highest BCUT2D eigenvalue weighted by Crippen LogP contribution is 2.13. The number of hydrogen-bond acceptors (Lipinski definition) is 4. The molecule has 1 saturated heterocycles. The number of ether oxygens (including phenoxy) is 3. The van der Waals surface area contributed by atoms with Gasteiger partial charge >= 0.3 is 0 Å². The van der Waals surface area contributed by atoms with Crippen LogP contribution in [0.4, 0.5) is 0 Å². The largest absolute Gasteiger partial charge is 0.385 e. The van der Waals surface area contributed by atoms with Gasteiger partial charge in [0.15, 0.2) is 0 Å². The highest BCUT2D eigenvalue weighted by Gasteiger charge is 2.17. The van der Waals surface area contributed by atoms with Crippen molar-refractivity contribution in [3.8, 4) is 0 Å². The molecule has 4 heteroatoms. The molecule has 0 atom stereocenters. The van der Waals surface area contributed by atoms with Gasteiger partial charge in [0.2, 0.25) is 0 Å². The number of rotatable bonds is 11. The minimum atomic E-state index is 0.492. The summed E-state index contributed by atoms with van der Waals surface area (Å²) < 4.78 is 16.0. The lowest BCUT2D eigenvalue weighted by molar-refractivity contribution is 0.0396. The number of piperidine rings is 1. The Hall–Kier alpha value is -0.160. The first kappa shape index (κ1) is 16.9. The molecule has 0 radical (unpaired) electrons. The molecule has 0 aliphatic carbocycles. The third-order valence-corrected chi connectivity index (χ3v) is 3.77. The summed E-state index contributed by atoms with van der Waals surface area (Å²) >= 11 is 0. The molecule has 0 saturated carbocycles. The molecular weight excluding hydrogens is 242 g/mol. The van der Waals surface area contributed by atoms with Gasteiger partial charge < -0.3 is 19.1 Å². The second kappa shape index (κ2) is 11.6. The van der Waals surface area contributed by atoms with Gasteiger partial charge in [0.25, 0.3) is 0 Å². The summed E-state index contributed by atoms with van der Waals surface area (Å²) in [4.78, 5) is 2.55. The van der Waals surface area contributed by atoms with Crippen molar-refractivity contribution in [3.63, 3.8) is 0 Å². The molecular formula is C15H31NO3. The van der Waals surface area contributed by atoms with E-state index >= 15 is 0 Å². The van der Waals surface area contributed by atoms with Gasteiger partial charge in [0, 0.05) is 47.1 Å². The molecule has 114 valence electrons. The Morgan fingerprint density at radius 3 is 2.16 bits per heavy atom. The number of hydrogen-bond donors (Lipinski definition) is 0. The number of likely N-dealkylation sites (tertiary alicyclic amines) is 1. The number of unbranched alkanes of at least 4 members (excludes halogenated alkanes) is 2. The Morgan fingerprint density at radius 2 is 1.53 bits per heavy atom. The summed E-state index contributed by atoms with van der Waals surface area (Å²) in [6, 6.07) is 0. The van der Waals surface area contributed by atoms with E-state index in [1.165, 1.54) is 45.3 Å². The zero-order valence-electron chi connectivity index (χ0n) is 12.7. The fraction of sp³-hybridized carbons (Fsp3) is 1.00. The van der Waals surface area contributed by atoms with Crippen LogP contribution < -0.4 is 0 Å². The van der Waals surface area contributed by atoms with Crippen molar-refractivity contribution in [1.29, 1.82) is 0 Å². The molecule has 1 rings (SSSR count). The Balaban J connectivity index is 1.81. The Bertz CT molecular complexity index is 194. The lowest BCUT2D eigenvalue weighted by Crippen LogP contribution is -2.37. The first-order chi connectivity index (χ1) is 9.36. The summed E-state index contributed by atoms with van der Waals surface area (Å²) in [7, 11) is 3.57. The highest BCUT2D eigenvalue weighted by atomic mass is 16.5. The van der Waals surface area contributed by atoms with Crippen LogP contribution in [-0.4, -0.2) is 64.7 Å². The lowest BCUT2D eigenvalue weighted by atomic mass is 10.1. The van der Waals surface area contributed by atoms with Crippen molar-refractivity contribution in [2.24, 2.45) is 0 Å². The third kappa shape index (κ3) is 8.58. The van der Waals surface area contributed by atoms with Crippen molar-refractivity contribution >= 4 is 0 Å². The van der Waals surface area contributed by atoms with Gasteiger partial charge in [-0.25, -0.2) is 0 Å². The van der Waals surface area contributed by atoms with Crippen LogP contribution in [0.15, 0.2) is 0 Å². The van der Waals surface area contributed by atoms with Crippen molar-refractivity contribution in [3.05, 3.63) is 0 Å². The Labute approximate surface area is 118 Å². The topological polar surface area (TPSA) is 30.9 Å². The highest BCUT2D eigenvalue weighted by molar-refractivity contribution is 4.71. The first-order valence-electron chi connectivity index (χ1n) is 7.68. The van der Waals surface area contributed by atoms with E-state index in [-0.39, 0.29) is 0 Å². The minimum absolute atomic E-state index is 0.492. The second-order valence-corrected chi connectivity index (χ2v) is 5.30. The molecule has 1 aliphatic heterocycles. The molecule has 0 aromatic heterocycles. The molecule has 1 heterocycles. The van der Waals surface area contributed by atoms with E-state index in [1.807, 2.05) is 7.11 Å². The minimum Gasteiger partial charge on any atom is -0.385 e. The Morgan fingerprint density at radius 1 is 0.895 bits per heavy atom. The molecule has 0 aromatic rings. The van der Waals surface area contributed by atoms with Gasteiger partial charge in [-0.2, -0.15) is 0 Å². The van der Waals surface area contributed by atoms with Gasteiger partial charge in [0.1, 0.15) is 0 Å². The predicted molar refractivity (Wildman–Crippen MR) is 77.6 cm³/mol. The normalized spacial score (nSPS) is 18.0. The van der Waals surface area contributed by atoms with Crippen LogP contribution in [0.25, 0.3) is 0 Å². The quantitative estimate of drug-likeness (QED) is 0.541. The summed E-state index contributed by atoms with van der Waals surface area (Å²) in [5, 5.41) is 0. The monoisotopic (exact) mass is 273 g/mol. The predicted octanol–water partition coefficient (Wildman–Crippen LogP) is 2.32. The van der Waals surface area contributed by atoms with E-state index in [2.05, 4.69) is 4.90 Å². The summed E-state index contributed by atoms with van der Waals surface area (Å²) in [6.07, 6.45) is 7.50. The first-order valence-corrected chi connectivity index (χ1v) is 7.68.